The van der Waals surface area contributed by atoms with Gasteiger partial charge in [-0.1, -0.05) is 30.3 Å². The Hall–Kier alpha value is -3.19. The standard InChI is InChI=1S/C26H33N3O4/c1-26(2,3)33-25(32)29(23-13-11-21(18-27-23)12-14-24(30)31)22-15-17-28(19-22)16-7-10-20-8-5-4-6-9-20/h4-6,8-9,11-14,18,22H,7,10,15-17,19H2,1-3H3,(H,30,31)/b14-12+/t22-/m1/s1. The second-order valence-electron chi connectivity index (χ2n) is 9.30. The number of benzene rings is 1. The molecule has 7 heteroatoms. The zero-order valence-electron chi connectivity index (χ0n) is 19.6. The smallest absolute Gasteiger partial charge is 0.416 e. The molecule has 3 rings (SSSR count). The van der Waals surface area contributed by atoms with E-state index in [0.29, 0.717) is 11.4 Å². The number of ether oxygens (including phenoxy) is 1. The van der Waals surface area contributed by atoms with Crippen LogP contribution < -0.4 is 4.90 Å². The van der Waals surface area contributed by atoms with Gasteiger partial charge in [-0.2, -0.15) is 0 Å². The van der Waals surface area contributed by atoms with E-state index in [2.05, 4.69) is 34.1 Å². The highest BCUT2D eigenvalue weighted by Crippen LogP contribution is 2.25. The number of aromatic nitrogens is 1. The van der Waals surface area contributed by atoms with Crippen molar-refractivity contribution in [2.45, 2.75) is 51.7 Å². The number of likely N-dealkylation sites (tertiary alicyclic amines) is 1. The van der Waals surface area contributed by atoms with E-state index in [1.807, 2.05) is 26.8 Å². The van der Waals surface area contributed by atoms with Crippen LogP contribution in [-0.2, 0) is 16.0 Å². The molecule has 0 unspecified atom stereocenters. The van der Waals surface area contributed by atoms with Crippen LogP contribution in [-0.4, -0.2) is 58.3 Å². The van der Waals surface area contributed by atoms with Crippen molar-refractivity contribution in [2.75, 3.05) is 24.5 Å². The molecule has 1 atom stereocenters. The molecule has 1 amide bonds. The largest absolute Gasteiger partial charge is 0.478 e. The summed E-state index contributed by atoms with van der Waals surface area (Å²) in [6, 6.07) is 13.9. The molecule has 0 aliphatic carbocycles. The maximum absolute atomic E-state index is 13.1. The Bertz CT molecular complexity index is 952. The molecule has 2 heterocycles. The first kappa shape index (κ1) is 24.5. The molecule has 1 saturated heterocycles. The SMILES string of the molecule is CC(C)(C)OC(=O)N(c1ccc(/C=C/C(=O)O)cn1)[C@@H]1CCN(CCCc2ccccc2)C1. The van der Waals surface area contributed by atoms with E-state index in [4.69, 9.17) is 9.84 Å². The Kier molecular flexibility index (Phi) is 8.22. The first-order valence-corrected chi connectivity index (χ1v) is 11.4. The van der Waals surface area contributed by atoms with E-state index in [1.165, 1.54) is 11.6 Å². The summed E-state index contributed by atoms with van der Waals surface area (Å²) in [5.41, 5.74) is 1.37. The molecule has 0 bridgehead atoms. The fraction of sp³-hybridized carbons (Fsp3) is 0.423. The van der Waals surface area contributed by atoms with E-state index in [1.54, 1.807) is 23.2 Å². The number of rotatable bonds is 8. The molecule has 33 heavy (non-hydrogen) atoms. The van der Waals surface area contributed by atoms with Crippen molar-refractivity contribution in [1.29, 1.82) is 0 Å². The van der Waals surface area contributed by atoms with Crippen molar-refractivity contribution < 1.29 is 19.4 Å². The van der Waals surface area contributed by atoms with E-state index >= 15 is 0 Å². The molecule has 2 aromatic rings. The second-order valence-corrected chi connectivity index (χ2v) is 9.30. The lowest BCUT2D eigenvalue weighted by atomic mass is 10.1. The lowest BCUT2D eigenvalue weighted by Crippen LogP contribution is -2.45. The third-order valence-corrected chi connectivity index (χ3v) is 5.42. The fourth-order valence-electron chi connectivity index (χ4n) is 3.92. The Labute approximate surface area is 195 Å². The van der Waals surface area contributed by atoms with Gasteiger partial charge in [-0.05, 0) is 75.9 Å². The van der Waals surface area contributed by atoms with Gasteiger partial charge < -0.3 is 14.7 Å². The number of carbonyl (C=O) groups is 2. The zero-order chi connectivity index (χ0) is 23.8. The predicted octanol–water partition coefficient (Wildman–Crippen LogP) is 4.63. The molecule has 7 nitrogen and oxygen atoms in total. The van der Waals surface area contributed by atoms with E-state index in [-0.39, 0.29) is 6.04 Å². The third-order valence-electron chi connectivity index (χ3n) is 5.42. The van der Waals surface area contributed by atoms with Crippen molar-refractivity contribution >= 4 is 24.0 Å². The average Bonchev–Trinajstić information content (AvgIpc) is 3.21. The minimum Gasteiger partial charge on any atom is -0.478 e. The van der Waals surface area contributed by atoms with Gasteiger partial charge in [0.2, 0.25) is 0 Å². The van der Waals surface area contributed by atoms with Crippen molar-refractivity contribution in [2.24, 2.45) is 0 Å². The van der Waals surface area contributed by atoms with Crippen LogP contribution in [0.25, 0.3) is 6.08 Å². The topological polar surface area (TPSA) is 83.0 Å². The van der Waals surface area contributed by atoms with Crippen LogP contribution in [0.4, 0.5) is 10.6 Å². The number of hydrogen-bond acceptors (Lipinski definition) is 5. The van der Waals surface area contributed by atoms with E-state index in [9.17, 15) is 9.59 Å². The Morgan fingerprint density at radius 1 is 1.21 bits per heavy atom. The van der Waals surface area contributed by atoms with E-state index < -0.39 is 17.7 Å². The van der Waals surface area contributed by atoms with Gasteiger partial charge in [-0.15, -0.1) is 0 Å². The molecule has 1 aromatic carbocycles. The van der Waals surface area contributed by atoms with Crippen LogP contribution >= 0.6 is 0 Å². The first-order valence-electron chi connectivity index (χ1n) is 11.4. The monoisotopic (exact) mass is 451 g/mol. The Morgan fingerprint density at radius 3 is 2.61 bits per heavy atom. The van der Waals surface area contributed by atoms with Gasteiger partial charge in [0.1, 0.15) is 11.4 Å². The number of nitrogens with zero attached hydrogens (tertiary/aromatic N) is 3. The number of anilines is 1. The normalized spacial score (nSPS) is 16.8. The van der Waals surface area contributed by atoms with Crippen LogP contribution in [0.1, 0.15) is 44.7 Å². The molecule has 1 aliphatic heterocycles. The number of amides is 1. The van der Waals surface area contributed by atoms with Gasteiger partial charge in [0, 0.05) is 25.4 Å². The number of carbonyl (C=O) groups excluding carboxylic acids is 1. The summed E-state index contributed by atoms with van der Waals surface area (Å²) in [5.74, 6) is -0.513. The number of aryl methyl sites for hydroxylation is 1. The summed E-state index contributed by atoms with van der Waals surface area (Å²) >= 11 is 0. The number of carboxylic acids is 1. The predicted molar refractivity (Wildman–Crippen MR) is 129 cm³/mol. The Balaban J connectivity index is 1.68. The highest BCUT2D eigenvalue weighted by molar-refractivity contribution is 5.88. The molecule has 0 saturated carbocycles. The number of hydrogen-bond donors (Lipinski definition) is 1. The van der Waals surface area contributed by atoms with Crippen molar-refractivity contribution in [3.8, 4) is 0 Å². The zero-order valence-corrected chi connectivity index (χ0v) is 19.6. The molecule has 1 aliphatic rings. The molecular weight excluding hydrogens is 418 g/mol. The van der Waals surface area contributed by atoms with Crippen molar-refractivity contribution in [3.63, 3.8) is 0 Å². The van der Waals surface area contributed by atoms with Crippen LogP contribution in [0, 0.1) is 0 Å². The summed E-state index contributed by atoms with van der Waals surface area (Å²) in [4.78, 5) is 32.3. The van der Waals surface area contributed by atoms with Gasteiger partial charge in [0.05, 0.1) is 6.04 Å². The summed E-state index contributed by atoms with van der Waals surface area (Å²) in [6.45, 7) is 8.19. The average molecular weight is 452 g/mol. The lowest BCUT2D eigenvalue weighted by Gasteiger charge is -2.31. The molecular formula is C26H33N3O4. The highest BCUT2D eigenvalue weighted by atomic mass is 16.6. The maximum atomic E-state index is 13.1. The van der Waals surface area contributed by atoms with Crippen LogP contribution in [0.15, 0.2) is 54.7 Å². The first-order chi connectivity index (χ1) is 15.7. The minimum absolute atomic E-state index is 0.0375. The van der Waals surface area contributed by atoms with Gasteiger partial charge in [-0.3, -0.25) is 4.90 Å². The van der Waals surface area contributed by atoms with Gasteiger partial charge in [-0.25, -0.2) is 14.6 Å². The number of pyridine rings is 1. The molecule has 176 valence electrons. The Morgan fingerprint density at radius 2 is 1.97 bits per heavy atom. The molecule has 0 spiro atoms. The van der Waals surface area contributed by atoms with Gasteiger partial charge >= 0.3 is 12.1 Å². The quantitative estimate of drug-likeness (QED) is 0.590. The van der Waals surface area contributed by atoms with Gasteiger partial charge in [0.15, 0.2) is 0 Å². The number of aliphatic carboxylic acids is 1. The van der Waals surface area contributed by atoms with Gasteiger partial charge in [0.25, 0.3) is 0 Å². The van der Waals surface area contributed by atoms with Crippen LogP contribution in [0.2, 0.25) is 0 Å². The lowest BCUT2D eigenvalue weighted by molar-refractivity contribution is -0.131. The molecule has 1 N–H and O–H groups in total. The summed E-state index contributed by atoms with van der Waals surface area (Å²) in [7, 11) is 0. The second kappa shape index (κ2) is 11.1. The van der Waals surface area contributed by atoms with Crippen LogP contribution in [0.3, 0.4) is 0 Å². The van der Waals surface area contributed by atoms with Crippen molar-refractivity contribution in [3.05, 3.63) is 65.9 Å². The summed E-state index contributed by atoms with van der Waals surface area (Å²) in [6.07, 6.45) is 6.62. The maximum Gasteiger partial charge on any atom is 0.416 e. The molecule has 1 fully saturated rings. The number of carboxylic acid groups (broad SMARTS) is 1. The van der Waals surface area contributed by atoms with Crippen LogP contribution in [0.5, 0.6) is 0 Å². The molecule has 0 radical (unpaired) electrons. The molecule has 1 aromatic heterocycles. The van der Waals surface area contributed by atoms with E-state index in [0.717, 1.165) is 45.0 Å². The third kappa shape index (κ3) is 7.71. The summed E-state index contributed by atoms with van der Waals surface area (Å²) < 4.78 is 5.69. The minimum atomic E-state index is -1.02. The summed E-state index contributed by atoms with van der Waals surface area (Å²) in [5, 5.41) is 8.81. The fourth-order valence-corrected chi connectivity index (χ4v) is 3.92. The van der Waals surface area contributed by atoms with Crippen molar-refractivity contribution in [1.82, 2.24) is 9.88 Å². The highest BCUT2D eigenvalue weighted by Gasteiger charge is 2.35.